The van der Waals surface area contributed by atoms with Gasteiger partial charge in [0.25, 0.3) is 0 Å². The minimum absolute atomic E-state index is 0.138. The van der Waals surface area contributed by atoms with E-state index < -0.39 is 0 Å². The molecular formula is C18H16ClN3O. The number of nitrogens with one attached hydrogen (secondary N) is 1. The maximum atomic E-state index is 8.06. The van der Waals surface area contributed by atoms with Crippen LogP contribution in [0.15, 0.2) is 66.7 Å². The Kier molecular flexibility index (Phi) is 4.46. The maximum absolute atomic E-state index is 8.06. The Morgan fingerprint density at radius 2 is 1.61 bits per heavy atom. The van der Waals surface area contributed by atoms with E-state index >= 15 is 0 Å². The van der Waals surface area contributed by atoms with Crippen LogP contribution in [0.3, 0.4) is 0 Å². The molecule has 1 aromatic heterocycles. The number of halogens is 1. The monoisotopic (exact) mass is 325 g/mol. The first kappa shape index (κ1) is 15.3. The predicted molar refractivity (Wildman–Crippen MR) is 91.4 cm³/mol. The molecule has 4 nitrogen and oxygen atoms in total. The first-order valence-electron chi connectivity index (χ1n) is 7.17. The Balaban J connectivity index is 2.20. The molecule has 116 valence electrons. The van der Waals surface area contributed by atoms with Crippen molar-refractivity contribution >= 4 is 11.6 Å². The van der Waals surface area contributed by atoms with E-state index in [9.17, 15) is 0 Å². The second-order valence-corrected chi connectivity index (χ2v) is 5.35. The van der Waals surface area contributed by atoms with Gasteiger partial charge in [-0.3, -0.25) is 9.98 Å². The minimum Gasteiger partial charge on any atom is -0.440 e. The zero-order valence-corrected chi connectivity index (χ0v) is 13.1. The molecule has 23 heavy (non-hydrogen) atoms. The van der Waals surface area contributed by atoms with Crippen LogP contribution in [0, 0.1) is 5.41 Å². The zero-order valence-electron chi connectivity index (χ0n) is 12.4. The molecule has 0 saturated heterocycles. The van der Waals surface area contributed by atoms with Gasteiger partial charge in [0, 0.05) is 16.1 Å². The summed E-state index contributed by atoms with van der Waals surface area (Å²) in [5, 5.41) is 8.68. The Morgan fingerprint density at radius 1 is 0.913 bits per heavy atom. The highest BCUT2D eigenvalue weighted by atomic mass is 35.5. The molecule has 1 heterocycles. The smallest absolute Gasteiger partial charge is 0.210 e. The van der Waals surface area contributed by atoms with Gasteiger partial charge >= 0.3 is 0 Å². The molecule has 3 N–H and O–H groups in total. The highest BCUT2D eigenvalue weighted by Gasteiger charge is 2.14. The van der Waals surface area contributed by atoms with Crippen LogP contribution in [0.1, 0.15) is 0 Å². The van der Waals surface area contributed by atoms with E-state index in [2.05, 4.69) is 0 Å². The van der Waals surface area contributed by atoms with Crippen LogP contribution >= 0.6 is 11.6 Å². The Hall–Kier alpha value is -2.56. The molecular weight excluding hydrogens is 310 g/mol. The molecule has 3 aromatic rings. The van der Waals surface area contributed by atoms with E-state index in [1.165, 1.54) is 0 Å². The Bertz CT molecular complexity index is 875. The summed E-state index contributed by atoms with van der Waals surface area (Å²) in [5.74, 6) is 1.17. The fourth-order valence-corrected chi connectivity index (χ4v) is 2.59. The number of pyridine rings is 1. The van der Waals surface area contributed by atoms with Gasteiger partial charge in [-0.2, -0.15) is 0 Å². The van der Waals surface area contributed by atoms with Crippen molar-refractivity contribution in [1.29, 1.82) is 5.41 Å². The maximum Gasteiger partial charge on any atom is 0.210 e. The third-order valence-electron chi connectivity index (χ3n) is 3.48. The molecule has 0 spiro atoms. The van der Waals surface area contributed by atoms with Gasteiger partial charge < -0.3 is 10.5 Å². The molecule has 0 fully saturated rings. The second kappa shape index (κ2) is 6.69. The summed E-state index contributed by atoms with van der Waals surface area (Å²) in [6.07, 6.45) is 0. The van der Waals surface area contributed by atoms with Crippen LogP contribution < -0.4 is 16.0 Å². The van der Waals surface area contributed by atoms with Crippen molar-refractivity contribution in [2.75, 3.05) is 0 Å². The van der Waals surface area contributed by atoms with Crippen molar-refractivity contribution in [3.05, 3.63) is 77.2 Å². The first-order chi connectivity index (χ1) is 11.2. The van der Waals surface area contributed by atoms with Gasteiger partial charge in [-0.1, -0.05) is 48.0 Å². The fraction of sp³-hybridized carbons (Fsp3) is 0.0556. The molecule has 2 aromatic carbocycles. The molecule has 0 unspecified atom stereocenters. The standard InChI is InChI=1S/C18H16ClN3O/c19-16-9-5-4-8-14(16)15-10-11-17(21)22(12-20)18(15)23-13-6-2-1-3-7-13/h1-11,21H,12,20H2. The van der Waals surface area contributed by atoms with Crippen LogP contribution in [0.4, 0.5) is 0 Å². The molecule has 0 saturated carbocycles. The molecule has 0 atom stereocenters. The molecule has 3 rings (SSSR count). The molecule has 0 radical (unpaired) electrons. The average Bonchev–Trinajstić information content (AvgIpc) is 2.57. The summed E-state index contributed by atoms with van der Waals surface area (Å²) in [6.45, 7) is 0.138. The number of aromatic nitrogens is 1. The van der Waals surface area contributed by atoms with Gasteiger partial charge in [0.05, 0.1) is 6.67 Å². The summed E-state index contributed by atoms with van der Waals surface area (Å²) >= 11 is 6.33. The summed E-state index contributed by atoms with van der Waals surface area (Å²) in [6, 6.07) is 20.4. The Morgan fingerprint density at radius 3 is 2.30 bits per heavy atom. The number of benzene rings is 2. The van der Waals surface area contributed by atoms with Crippen molar-refractivity contribution in [2.24, 2.45) is 5.73 Å². The van der Waals surface area contributed by atoms with Crippen LogP contribution in [-0.2, 0) is 6.67 Å². The van der Waals surface area contributed by atoms with Crippen molar-refractivity contribution < 1.29 is 4.74 Å². The van der Waals surface area contributed by atoms with E-state index in [1.54, 1.807) is 10.6 Å². The first-order valence-corrected chi connectivity index (χ1v) is 7.55. The van der Waals surface area contributed by atoms with Gasteiger partial charge in [0.15, 0.2) is 0 Å². The minimum atomic E-state index is 0.138. The average molecular weight is 326 g/mol. The summed E-state index contributed by atoms with van der Waals surface area (Å²) in [4.78, 5) is 0. The summed E-state index contributed by atoms with van der Waals surface area (Å²) < 4.78 is 7.63. The third-order valence-corrected chi connectivity index (χ3v) is 3.81. The van der Waals surface area contributed by atoms with Crippen molar-refractivity contribution in [3.63, 3.8) is 0 Å². The lowest BCUT2D eigenvalue weighted by atomic mass is 10.1. The van der Waals surface area contributed by atoms with E-state index in [0.29, 0.717) is 16.7 Å². The van der Waals surface area contributed by atoms with E-state index in [-0.39, 0.29) is 12.2 Å². The summed E-state index contributed by atoms with van der Waals surface area (Å²) in [7, 11) is 0. The number of hydrogen-bond acceptors (Lipinski definition) is 3. The highest BCUT2D eigenvalue weighted by molar-refractivity contribution is 6.33. The quantitative estimate of drug-likeness (QED) is 0.761. The van der Waals surface area contributed by atoms with Gasteiger partial charge in [0.2, 0.25) is 5.88 Å². The lowest BCUT2D eigenvalue weighted by Crippen LogP contribution is -2.25. The van der Waals surface area contributed by atoms with Gasteiger partial charge in [-0.15, -0.1) is 0 Å². The highest BCUT2D eigenvalue weighted by Crippen LogP contribution is 2.35. The van der Waals surface area contributed by atoms with E-state index in [4.69, 9.17) is 27.5 Å². The number of rotatable bonds is 4. The normalized spacial score (nSPS) is 10.5. The molecule has 0 bridgehead atoms. The molecule has 5 heteroatoms. The number of para-hydroxylation sites is 1. The Labute approximate surface area is 139 Å². The van der Waals surface area contributed by atoms with Gasteiger partial charge in [-0.25, -0.2) is 0 Å². The SMILES string of the molecule is N=c1ccc(-c2ccccc2Cl)c(Oc2ccccc2)n1CN. The van der Waals surface area contributed by atoms with Crippen molar-refractivity contribution in [3.8, 4) is 22.8 Å². The van der Waals surface area contributed by atoms with Crippen LogP contribution in [0.25, 0.3) is 11.1 Å². The second-order valence-electron chi connectivity index (χ2n) is 4.94. The van der Waals surface area contributed by atoms with E-state index in [0.717, 1.165) is 11.1 Å². The predicted octanol–water partition coefficient (Wildman–Crippen LogP) is 4.00. The van der Waals surface area contributed by atoms with Crippen LogP contribution in [0.5, 0.6) is 11.6 Å². The largest absolute Gasteiger partial charge is 0.440 e. The lowest BCUT2D eigenvalue weighted by Gasteiger charge is -2.17. The molecule has 0 amide bonds. The van der Waals surface area contributed by atoms with E-state index in [1.807, 2.05) is 60.7 Å². The van der Waals surface area contributed by atoms with Crippen molar-refractivity contribution in [2.45, 2.75) is 6.67 Å². The van der Waals surface area contributed by atoms with Crippen LogP contribution in [-0.4, -0.2) is 4.57 Å². The fourth-order valence-electron chi connectivity index (χ4n) is 2.35. The number of ether oxygens (including phenoxy) is 1. The van der Waals surface area contributed by atoms with Gasteiger partial charge in [0.1, 0.15) is 11.2 Å². The molecule has 0 aliphatic rings. The number of nitrogens with zero attached hydrogens (tertiary/aromatic N) is 1. The third kappa shape index (κ3) is 3.13. The topological polar surface area (TPSA) is 64.0 Å². The molecule has 0 aliphatic heterocycles. The number of nitrogens with two attached hydrogens (primary N) is 1. The number of hydrogen-bond donors (Lipinski definition) is 2. The summed E-state index contributed by atoms with van der Waals surface area (Å²) in [5.41, 5.74) is 7.72. The van der Waals surface area contributed by atoms with Crippen molar-refractivity contribution in [1.82, 2.24) is 4.57 Å². The zero-order chi connectivity index (χ0) is 16.2. The lowest BCUT2D eigenvalue weighted by molar-refractivity contribution is 0.420. The molecule has 0 aliphatic carbocycles. The van der Waals surface area contributed by atoms with Crippen LogP contribution in [0.2, 0.25) is 5.02 Å². The van der Waals surface area contributed by atoms with Gasteiger partial charge in [-0.05, 0) is 30.3 Å².